The maximum absolute atomic E-state index is 14.4. The smallest absolute Gasteiger partial charge is 0.321 e. The van der Waals surface area contributed by atoms with Gasteiger partial charge in [-0.05, 0) is 50.6 Å². The predicted octanol–water partition coefficient (Wildman–Crippen LogP) is 4.49. The predicted molar refractivity (Wildman–Crippen MR) is 126 cm³/mol. The molecule has 0 aliphatic rings. The quantitative estimate of drug-likeness (QED) is 0.295. The highest BCUT2D eigenvalue weighted by Gasteiger charge is 2.14. The number of esters is 1. The minimum Gasteiger partial charge on any atom is -0.488 e. The number of nitrogens with zero attached hydrogens (tertiary/aromatic N) is 1. The number of ether oxygens (including phenoxy) is 2. The summed E-state index contributed by atoms with van der Waals surface area (Å²) in [6.07, 6.45) is -0.163. The number of carbonyl (C=O) groups excluding carboxylic acids is 2. The average Bonchev–Trinajstić information content (AvgIpc) is 2.74. The van der Waals surface area contributed by atoms with Crippen molar-refractivity contribution >= 4 is 35.2 Å². The number of urea groups is 1. The lowest BCUT2D eigenvalue weighted by Gasteiger charge is -2.16. The number of benzene rings is 2. The van der Waals surface area contributed by atoms with Crippen LogP contribution in [0.1, 0.15) is 32.8 Å². The Morgan fingerprint density at radius 3 is 2.42 bits per heavy atom. The van der Waals surface area contributed by atoms with E-state index < -0.39 is 23.9 Å². The van der Waals surface area contributed by atoms with Gasteiger partial charge in [0.15, 0.2) is 11.6 Å². The molecule has 0 bridgehead atoms. The van der Waals surface area contributed by atoms with Crippen molar-refractivity contribution in [1.82, 2.24) is 10.6 Å². The fraction of sp³-hybridized carbons (Fsp3) is 0.348. The van der Waals surface area contributed by atoms with E-state index in [9.17, 15) is 14.0 Å². The Hall–Kier alpha value is -3.33. The maximum atomic E-state index is 14.4. The van der Waals surface area contributed by atoms with Gasteiger partial charge in [-0.25, -0.2) is 14.2 Å². The molecule has 178 valence electrons. The highest BCUT2D eigenvalue weighted by molar-refractivity contribution is 6.30. The van der Waals surface area contributed by atoms with Crippen LogP contribution in [0.25, 0.3) is 0 Å². The van der Waals surface area contributed by atoms with Gasteiger partial charge >= 0.3 is 12.0 Å². The van der Waals surface area contributed by atoms with Crippen LogP contribution in [0.4, 0.5) is 14.9 Å². The van der Waals surface area contributed by atoms with E-state index >= 15 is 0 Å². The van der Waals surface area contributed by atoms with Crippen LogP contribution < -0.4 is 20.7 Å². The summed E-state index contributed by atoms with van der Waals surface area (Å²) in [6.45, 7) is 5.50. The van der Waals surface area contributed by atoms with Gasteiger partial charge < -0.3 is 20.1 Å². The lowest BCUT2D eigenvalue weighted by Crippen LogP contribution is -2.46. The van der Waals surface area contributed by atoms with Crippen LogP contribution in [0.2, 0.25) is 5.02 Å². The van der Waals surface area contributed by atoms with Crippen molar-refractivity contribution in [2.75, 3.05) is 12.4 Å². The van der Waals surface area contributed by atoms with Gasteiger partial charge in [0.05, 0.1) is 26.2 Å². The molecule has 1 atom stereocenters. The van der Waals surface area contributed by atoms with Crippen LogP contribution in [0.5, 0.6) is 5.75 Å². The number of carbonyl (C=O) groups is 2. The first kappa shape index (κ1) is 25.9. The molecule has 0 radical (unpaired) electrons. The van der Waals surface area contributed by atoms with Crippen LogP contribution in [0, 0.1) is 5.82 Å². The molecule has 0 aliphatic carbocycles. The number of nitrogens with one attached hydrogen (secondary N) is 3. The van der Waals surface area contributed by atoms with E-state index in [1.165, 1.54) is 19.2 Å². The van der Waals surface area contributed by atoms with Crippen molar-refractivity contribution in [3.8, 4) is 5.75 Å². The number of rotatable bonds is 8. The summed E-state index contributed by atoms with van der Waals surface area (Å²) in [5.41, 5.74) is 1.22. The molecule has 0 heterocycles. The van der Waals surface area contributed by atoms with E-state index in [0.717, 1.165) is 5.56 Å². The zero-order valence-corrected chi connectivity index (χ0v) is 19.7. The summed E-state index contributed by atoms with van der Waals surface area (Å²) in [5.74, 6) is -0.791. The first-order chi connectivity index (χ1) is 15.7. The van der Waals surface area contributed by atoms with Crippen LogP contribution in [0.3, 0.4) is 0 Å². The van der Waals surface area contributed by atoms with Gasteiger partial charge in [-0.3, -0.25) is 10.1 Å². The number of anilines is 1. The standard InChI is InChI=1S/C23H28ClFN4O4/c1-14(2)33-20-10-9-18(12-19(20)25)28-22(26-13-16-5-7-17(24)8-6-16)29-23(31)27-15(3)11-21(30)32-4/h5-10,12,14-15H,11,13H2,1-4H3,(H3,26,27,28,29,31)/t15-/m0/s1. The van der Waals surface area contributed by atoms with Crippen LogP contribution in [-0.4, -0.2) is 37.2 Å². The second kappa shape index (κ2) is 12.6. The van der Waals surface area contributed by atoms with Crippen molar-refractivity contribution in [1.29, 1.82) is 0 Å². The SMILES string of the molecule is COC(=O)C[C@H](C)NC(=O)NC(=NCc1ccc(Cl)cc1)Nc1ccc(OC(C)C)c(F)c1. The number of amides is 2. The Morgan fingerprint density at radius 2 is 1.82 bits per heavy atom. The summed E-state index contributed by atoms with van der Waals surface area (Å²) in [4.78, 5) is 28.2. The highest BCUT2D eigenvalue weighted by atomic mass is 35.5. The number of hydrogen-bond donors (Lipinski definition) is 3. The van der Waals surface area contributed by atoms with E-state index in [0.29, 0.717) is 10.7 Å². The van der Waals surface area contributed by atoms with Crippen LogP contribution in [-0.2, 0) is 16.1 Å². The first-order valence-corrected chi connectivity index (χ1v) is 10.7. The molecule has 0 aromatic heterocycles. The van der Waals surface area contributed by atoms with Crippen molar-refractivity contribution in [3.63, 3.8) is 0 Å². The minimum atomic E-state index is -0.589. The molecule has 0 saturated carbocycles. The van der Waals surface area contributed by atoms with E-state index in [1.54, 1.807) is 51.1 Å². The Kier molecular flexibility index (Phi) is 9.93. The number of halogens is 2. The number of aliphatic imine (C=N–C) groups is 1. The molecule has 2 aromatic rings. The Bertz CT molecular complexity index is 983. The van der Waals surface area contributed by atoms with E-state index in [2.05, 4.69) is 25.7 Å². The van der Waals surface area contributed by atoms with Gasteiger partial charge in [0.1, 0.15) is 0 Å². The van der Waals surface area contributed by atoms with Gasteiger partial charge in [-0.2, -0.15) is 0 Å². The average molecular weight is 479 g/mol. The lowest BCUT2D eigenvalue weighted by atomic mass is 10.2. The second-order valence-corrected chi connectivity index (χ2v) is 7.94. The summed E-state index contributed by atoms with van der Waals surface area (Å²) < 4.78 is 24.4. The van der Waals surface area contributed by atoms with Crippen molar-refractivity contribution in [2.45, 2.75) is 45.9 Å². The van der Waals surface area contributed by atoms with E-state index in [1.807, 2.05) is 0 Å². The Morgan fingerprint density at radius 1 is 1.12 bits per heavy atom. The molecule has 0 saturated heterocycles. The fourth-order valence-electron chi connectivity index (χ4n) is 2.69. The third kappa shape index (κ3) is 9.36. The molecule has 0 unspecified atom stereocenters. The summed E-state index contributed by atoms with van der Waals surface area (Å²) >= 11 is 5.91. The third-order valence-electron chi connectivity index (χ3n) is 4.20. The third-order valence-corrected chi connectivity index (χ3v) is 4.45. The van der Waals surface area contributed by atoms with Gasteiger partial charge in [0.2, 0.25) is 5.96 Å². The number of hydrogen-bond acceptors (Lipinski definition) is 5. The molecule has 2 aromatic carbocycles. The molecular weight excluding hydrogens is 451 g/mol. The summed E-state index contributed by atoms with van der Waals surface area (Å²) in [5, 5.41) is 8.72. The van der Waals surface area contributed by atoms with Gasteiger partial charge in [0.25, 0.3) is 0 Å². The lowest BCUT2D eigenvalue weighted by molar-refractivity contribution is -0.141. The Balaban J connectivity index is 2.15. The molecule has 2 rings (SSSR count). The molecule has 2 amide bonds. The largest absolute Gasteiger partial charge is 0.488 e. The molecular formula is C23H28ClFN4O4. The molecule has 33 heavy (non-hydrogen) atoms. The molecule has 0 spiro atoms. The van der Waals surface area contributed by atoms with Crippen molar-refractivity contribution in [3.05, 3.63) is 58.9 Å². The molecule has 0 fully saturated rings. The van der Waals surface area contributed by atoms with Crippen LogP contribution in [0.15, 0.2) is 47.5 Å². The maximum Gasteiger partial charge on any atom is 0.321 e. The minimum absolute atomic E-state index is 0.0110. The second-order valence-electron chi connectivity index (χ2n) is 7.51. The van der Waals surface area contributed by atoms with E-state index in [-0.39, 0.29) is 30.8 Å². The zero-order chi connectivity index (χ0) is 24.4. The zero-order valence-electron chi connectivity index (χ0n) is 18.9. The van der Waals surface area contributed by atoms with Gasteiger partial charge in [-0.15, -0.1) is 0 Å². The monoisotopic (exact) mass is 478 g/mol. The van der Waals surface area contributed by atoms with Crippen molar-refractivity contribution < 1.29 is 23.5 Å². The topological polar surface area (TPSA) is 101 Å². The molecule has 3 N–H and O–H groups in total. The normalized spacial score (nSPS) is 12.2. The van der Waals surface area contributed by atoms with Crippen molar-refractivity contribution in [2.24, 2.45) is 4.99 Å². The number of methoxy groups -OCH3 is 1. The Labute approximate surface area is 197 Å². The molecule has 10 heteroatoms. The number of guanidine groups is 1. The fourth-order valence-corrected chi connectivity index (χ4v) is 2.81. The molecule has 8 nitrogen and oxygen atoms in total. The van der Waals surface area contributed by atoms with Crippen LogP contribution >= 0.6 is 11.6 Å². The van der Waals surface area contributed by atoms with Gasteiger partial charge in [-0.1, -0.05) is 23.7 Å². The summed E-state index contributed by atoms with van der Waals surface area (Å²) in [7, 11) is 1.27. The first-order valence-electron chi connectivity index (χ1n) is 10.3. The highest BCUT2D eigenvalue weighted by Crippen LogP contribution is 2.22. The summed E-state index contributed by atoms with van der Waals surface area (Å²) in [6, 6.07) is 10.4. The molecule has 0 aliphatic heterocycles. The van der Waals surface area contributed by atoms with E-state index in [4.69, 9.17) is 16.3 Å². The van der Waals surface area contributed by atoms with Gasteiger partial charge in [0, 0.05) is 22.8 Å².